The average molecular weight is 286 g/mol. The third kappa shape index (κ3) is 3.12. The Labute approximate surface area is 115 Å². The standard InChI is InChI=1S/C14H17F3N2O/c1-19-6-2-3-9(8-19)13(20)11-5-4-10(7-12(11)18)14(15,16)17/h4-5,7,9H,2-3,6,8,18H2,1H3. The van der Waals surface area contributed by atoms with Crippen molar-refractivity contribution in [1.29, 1.82) is 0 Å². The van der Waals surface area contributed by atoms with Gasteiger partial charge in [-0.3, -0.25) is 4.79 Å². The highest BCUT2D eigenvalue weighted by Gasteiger charge is 2.32. The first-order chi connectivity index (χ1) is 9.29. The molecule has 1 aliphatic rings. The van der Waals surface area contributed by atoms with Gasteiger partial charge in [-0.15, -0.1) is 0 Å². The average Bonchev–Trinajstić information content (AvgIpc) is 2.36. The summed E-state index contributed by atoms with van der Waals surface area (Å²) in [5.74, 6) is -0.351. The highest BCUT2D eigenvalue weighted by molar-refractivity contribution is 6.02. The van der Waals surface area contributed by atoms with E-state index < -0.39 is 11.7 Å². The van der Waals surface area contributed by atoms with Gasteiger partial charge in [-0.05, 0) is 44.6 Å². The quantitative estimate of drug-likeness (QED) is 0.671. The Bertz CT molecular complexity index is 514. The number of rotatable bonds is 2. The lowest BCUT2D eigenvalue weighted by atomic mass is 9.89. The van der Waals surface area contributed by atoms with E-state index >= 15 is 0 Å². The number of halogens is 3. The molecule has 1 aromatic rings. The number of alkyl halides is 3. The zero-order chi connectivity index (χ0) is 14.9. The highest BCUT2D eigenvalue weighted by Crippen LogP contribution is 2.32. The first-order valence-corrected chi connectivity index (χ1v) is 6.48. The van der Waals surface area contributed by atoms with Crippen molar-refractivity contribution >= 4 is 11.5 Å². The summed E-state index contributed by atoms with van der Waals surface area (Å²) in [4.78, 5) is 14.4. The molecule has 2 rings (SSSR count). The molecule has 0 amide bonds. The Morgan fingerprint density at radius 2 is 2.10 bits per heavy atom. The molecule has 1 unspecified atom stereocenters. The zero-order valence-electron chi connectivity index (χ0n) is 11.2. The molecule has 3 nitrogen and oxygen atoms in total. The molecule has 1 heterocycles. The van der Waals surface area contributed by atoms with Crippen LogP contribution in [-0.4, -0.2) is 30.8 Å². The number of nitrogens with zero attached hydrogens (tertiary/aromatic N) is 1. The normalized spacial score (nSPS) is 20.9. The van der Waals surface area contributed by atoms with E-state index in [0.29, 0.717) is 6.54 Å². The van der Waals surface area contributed by atoms with Crippen molar-refractivity contribution < 1.29 is 18.0 Å². The van der Waals surface area contributed by atoms with Crippen molar-refractivity contribution in [3.63, 3.8) is 0 Å². The number of hydrogen-bond acceptors (Lipinski definition) is 3. The Morgan fingerprint density at radius 1 is 1.40 bits per heavy atom. The lowest BCUT2D eigenvalue weighted by Gasteiger charge is -2.29. The van der Waals surface area contributed by atoms with Crippen LogP contribution in [0.15, 0.2) is 18.2 Å². The van der Waals surface area contributed by atoms with E-state index in [2.05, 4.69) is 0 Å². The van der Waals surface area contributed by atoms with E-state index in [9.17, 15) is 18.0 Å². The maximum absolute atomic E-state index is 12.6. The summed E-state index contributed by atoms with van der Waals surface area (Å²) in [6.07, 6.45) is -2.78. The maximum atomic E-state index is 12.6. The van der Waals surface area contributed by atoms with Crippen LogP contribution >= 0.6 is 0 Å². The van der Waals surface area contributed by atoms with Gasteiger partial charge in [0.1, 0.15) is 0 Å². The largest absolute Gasteiger partial charge is 0.416 e. The predicted molar refractivity (Wildman–Crippen MR) is 70.4 cm³/mol. The number of piperidine rings is 1. The number of nitrogens with two attached hydrogens (primary N) is 1. The highest BCUT2D eigenvalue weighted by atomic mass is 19.4. The monoisotopic (exact) mass is 286 g/mol. The van der Waals surface area contributed by atoms with Gasteiger partial charge in [0.25, 0.3) is 0 Å². The molecule has 0 radical (unpaired) electrons. The minimum absolute atomic E-state index is 0.0990. The second-order valence-corrected chi connectivity index (χ2v) is 5.27. The van der Waals surface area contributed by atoms with Gasteiger partial charge in [0.05, 0.1) is 5.56 Å². The van der Waals surface area contributed by atoms with E-state index in [0.717, 1.165) is 31.5 Å². The molecule has 20 heavy (non-hydrogen) atoms. The van der Waals surface area contributed by atoms with Gasteiger partial charge in [0.15, 0.2) is 5.78 Å². The van der Waals surface area contributed by atoms with Gasteiger partial charge in [0.2, 0.25) is 0 Å². The van der Waals surface area contributed by atoms with Crippen LogP contribution < -0.4 is 5.73 Å². The summed E-state index contributed by atoms with van der Waals surface area (Å²) < 4.78 is 37.7. The number of Topliss-reactive ketones (excluding diaryl/α,β-unsaturated/α-hetero) is 1. The van der Waals surface area contributed by atoms with Crippen LogP contribution in [0, 0.1) is 5.92 Å². The van der Waals surface area contributed by atoms with Crippen LogP contribution in [0.4, 0.5) is 18.9 Å². The lowest BCUT2D eigenvalue weighted by Crippen LogP contribution is -2.36. The summed E-state index contributed by atoms with van der Waals surface area (Å²) >= 11 is 0. The number of nitrogen functional groups attached to an aromatic ring is 1. The molecular weight excluding hydrogens is 269 g/mol. The first kappa shape index (κ1) is 14.8. The SMILES string of the molecule is CN1CCCC(C(=O)c2ccc(C(F)(F)F)cc2N)C1. The number of likely N-dealkylation sites (tertiary alicyclic amines) is 1. The molecule has 2 N–H and O–H groups in total. The summed E-state index contributed by atoms with van der Waals surface area (Å²) in [6.45, 7) is 1.56. The topological polar surface area (TPSA) is 46.3 Å². The van der Waals surface area contributed by atoms with E-state index in [4.69, 9.17) is 5.73 Å². The molecule has 0 bridgehead atoms. The third-order valence-corrected chi connectivity index (χ3v) is 3.64. The molecular formula is C14H17F3N2O. The van der Waals surface area contributed by atoms with Gasteiger partial charge >= 0.3 is 6.18 Å². The van der Waals surface area contributed by atoms with E-state index in [1.807, 2.05) is 11.9 Å². The van der Waals surface area contributed by atoms with Crippen LogP contribution in [0.1, 0.15) is 28.8 Å². The van der Waals surface area contributed by atoms with Crippen molar-refractivity contribution in [2.75, 3.05) is 25.9 Å². The van der Waals surface area contributed by atoms with Crippen molar-refractivity contribution in [3.05, 3.63) is 29.3 Å². The van der Waals surface area contributed by atoms with E-state index in [1.54, 1.807) is 0 Å². The number of carbonyl (C=O) groups is 1. The molecule has 0 spiro atoms. The Kier molecular flexibility index (Phi) is 4.04. The van der Waals surface area contributed by atoms with E-state index in [-0.39, 0.29) is 23.0 Å². The molecule has 6 heteroatoms. The molecule has 0 aliphatic carbocycles. The van der Waals surface area contributed by atoms with Crippen LogP contribution in [0.3, 0.4) is 0 Å². The second-order valence-electron chi connectivity index (χ2n) is 5.27. The molecule has 1 aliphatic heterocycles. The number of anilines is 1. The van der Waals surface area contributed by atoms with Crippen LogP contribution in [0.2, 0.25) is 0 Å². The van der Waals surface area contributed by atoms with Crippen molar-refractivity contribution in [3.8, 4) is 0 Å². The molecule has 1 atom stereocenters. The number of hydrogen-bond donors (Lipinski definition) is 1. The fraction of sp³-hybridized carbons (Fsp3) is 0.500. The fourth-order valence-electron chi connectivity index (χ4n) is 2.56. The molecule has 1 aromatic carbocycles. The van der Waals surface area contributed by atoms with Gasteiger partial charge in [-0.2, -0.15) is 13.2 Å². The second kappa shape index (κ2) is 5.44. The van der Waals surface area contributed by atoms with Crippen molar-refractivity contribution in [1.82, 2.24) is 4.90 Å². The van der Waals surface area contributed by atoms with Crippen molar-refractivity contribution in [2.24, 2.45) is 5.92 Å². The minimum atomic E-state index is -4.44. The number of ketones is 1. The van der Waals surface area contributed by atoms with Crippen LogP contribution in [0.25, 0.3) is 0 Å². The lowest BCUT2D eigenvalue weighted by molar-refractivity contribution is -0.137. The maximum Gasteiger partial charge on any atom is 0.416 e. The van der Waals surface area contributed by atoms with Gasteiger partial charge in [-0.25, -0.2) is 0 Å². The smallest absolute Gasteiger partial charge is 0.398 e. The molecule has 0 saturated carbocycles. The third-order valence-electron chi connectivity index (χ3n) is 3.64. The molecule has 0 aromatic heterocycles. The van der Waals surface area contributed by atoms with E-state index in [1.165, 1.54) is 6.07 Å². The fourth-order valence-corrected chi connectivity index (χ4v) is 2.56. The summed E-state index contributed by atoms with van der Waals surface area (Å²) in [5.41, 5.74) is 4.89. The summed E-state index contributed by atoms with van der Waals surface area (Å²) in [7, 11) is 1.93. The van der Waals surface area contributed by atoms with Crippen LogP contribution in [0.5, 0.6) is 0 Å². The molecule has 1 saturated heterocycles. The number of carbonyl (C=O) groups excluding carboxylic acids is 1. The van der Waals surface area contributed by atoms with Crippen molar-refractivity contribution in [2.45, 2.75) is 19.0 Å². The summed E-state index contributed by atoms with van der Waals surface area (Å²) in [6, 6.07) is 2.94. The Balaban J connectivity index is 2.22. The molecule has 1 fully saturated rings. The molecule has 110 valence electrons. The number of benzene rings is 1. The minimum Gasteiger partial charge on any atom is -0.398 e. The predicted octanol–water partition coefficient (Wildman–Crippen LogP) is 2.81. The zero-order valence-corrected chi connectivity index (χ0v) is 11.2. The Morgan fingerprint density at radius 3 is 2.65 bits per heavy atom. The van der Waals surface area contributed by atoms with Crippen LogP contribution in [-0.2, 0) is 6.18 Å². The van der Waals surface area contributed by atoms with Gasteiger partial charge in [-0.1, -0.05) is 0 Å². The van der Waals surface area contributed by atoms with Gasteiger partial charge in [0, 0.05) is 23.7 Å². The Hall–Kier alpha value is -1.56. The summed E-state index contributed by atoms with van der Waals surface area (Å²) in [5, 5.41) is 0. The van der Waals surface area contributed by atoms with Gasteiger partial charge < -0.3 is 10.6 Å². The first-order valence-electron chi connectivity index (χ1n) is 6.48.